The minimum atomic E-state index is -0.336. The van der Waals surface area contributed by atoms with E-state index in [1.165, 1.54) is 0 Å². The van der Waals surface area contributed by atoms with Crippen LogP contribution in [0.2, 0.25) is 0 Å². The highest BCUT2D eigenvalue weighted by Gasteiger charge is 2.34. The molecule has 0 aromatic heterocycles. The third-order valence-electron chi connectivity index (χ3n) is 4.93. The van der Waals surface area contributed by atoms with Crippen LogP contribution in [0.4, 0.5) is 11.4 Å². The van der Waals surface area contributed by atoms with E-state index in [-0.39, 0.29) is 36.7 Å². The lowest BCUT2D eigenvalue weighted by Crippen LogP contribution is -2.30. The largest absolute Gasteiger partial charge is 0.484 e. The van der Waals surface area contributed by atoms with Crippen molar-refractivity contribution in [2.75, 3.05) is 30.4 Å². The molecule has 1 aliphatic rings. The Morgan fingerprint density at radius 1 is 1.14 bits per heavy atom. The van der Waals surface area contributed by atoms with Crippen LogP contribution in [0.25, 0.3) is 0 Å². The molecule has 1 saturated heterocycles. The molecule has 2 N–H and O–H groups in total. The van der Waals surface area contributed by atoms with E-state index in [9.17, 15) is 14.4 Å². The summed E-state index contributed by atoms with van der Waals surface area (Å²) in [5.74, 6) is -0.265. The predicted molar refractivity (Wildman–Crippen MR) is 111 cm³/mol. The third-order valence-corrected chi connectivity index (χ3v) is 4.93. The molecule has 0 saturated carbocycles. The lowest BCUT2D eigenvalue weighted by atomic mass is 10.1. The first kappa shape index (κ1) is 20.4. The summed E-state index contributed by atoms with van der Waals surface area (Å²) in [7, 11) is 1.57. The molecule has 2 aromatic carbocycles. The molecule has 152 valence electrons. The second-order valence-corrected chi connectivity index (χ2v) is 7.17. The zero-order chi connectivity index (χ0) is 21.0. The van der Waals surface area contributed by atoms with E-state index in [0.29, 0.717) is 18.0 Å². The van der Waals surface area contributed by atoms with Crippen LogP contribution in [0.3, 0.4) is 0 Å². The summed E-state index contributed by atoms with van der Waals surface area (Å²) < 4.78 is 5.55. The number of hydrogen-bond donors (Lipinski definition) is 2. The number of carbonyl (C=O) groups excluding carboxylic acids is 3. The van der Waals surface area contributed by atoms with Crippen molar-refractivity contribution >= 4 is 29.1 Å². The number of carbonyl (C=O) groups is 3. The molecule has 7 heteroatoms. The van der Waals surface area contributed by atoms with Crippen molar-refractivity contribution in [3.63, 3.8) is 0 Å². The van der Waals surface area contributed by atoms with Gasteiger partial charge in [-0.2, -0.15) is 0 Å². The first-order valence-electron chi connectivity index (χ1n) is 9.49. The predicted octanol–water partition coefficient (Wildman–Crippen LogP) is 2.42. The fourth-order valence-corrected chi connectivity index (χ4v) is 3.26. The van der Waals surface area contributed by atoms with Crippen molar-refractivity contribution in [1.29, 1.82) is 0 Å². The maximum absolute atomic E-state index is 12.2. The van der Waals surface area contributed by atoms with Gasteiger partial charge >= 0.3 is 0 Å². The van der Waals surface area contributed by atoms with Crippen molar-refractivity contribution in [2.24, 2.45) is 5.92 Å². The zero-order valence-corrected chi connectivity index (χ0v) is 16.8. The van der Waals surface area contributed by atoms with E-state index >= 15 is 0 Å². The smallest absolute Gasteiger partial charge is 0.262 e. The lowest BCUT2D eigenvalue weighted by molar-refractivity contribution is -0.125. The second kappa shape index (κ2) is 8.77. The van der Waals surface area contributed by atoms with E-state index in [4.69, 9.17) is 4.74 Å². The number of aryl methyl sites for hydroxylation is 2. The number of hydrogen-bond acceptors (Lipinski definition) is 4. The summed E-state index contributed by atoms with van der Waals surface area (Å²) >= 11 is 0. The van der Waals surface area contributed by atoms with E-state index in [2.05, 4.69) is 10.6 Å². The molecule has 0 bridgehead atoms. The van der Waals surface area contributed by atoms with Gasteiger partial charge in [0, 0.05) is 31.4 Å². The van der Waals surface area contributed by atoms with Gasteiger partial charge in [0.2, 0.25) is 11.8 Å². The van der Waals surface area contributed by atoms with E-state index in [1.54, 1.807) is 36.2 Å². The van der Waals surface area contributed by atoms with Gasteiger partial charge in [-0.3, -0.25) is 14.4 Å². The number of rotatable bonds is 6. The first-order valence-corrected chi connectivity index (χ1v) is 9.49. The lowest BCUT2D eigenvalue weighted by Gasteiger charge is -2.17. The van der Waals surface area contributed by atoms with Gasteiger partial charge in [0.1, 0.15) is 5.75 Å². The summed E-state index contributed by atoms with van der Waals surface area (Å²) in [5.41, 5.74) is 3.52. The number of amides is 3. The van der Waals surface area contributed by atoms with Gasteiger partial charge in [0.15, 0.2) is 6.61 Å². The van der Waals surface area contributed by atoms with Crippen LogP contribution < -0.4 is 20.3 Å². The number of anilines is 2. The van der Waals surface area contributed by atoms with Gasteiger partial charge in [0.25, 0.3) is 5.91 Å². The summed E-state index contributed by atoms with van der Waals surface area (Å²) in [5, 5.41) is 5.43. The Morgan fingerprint density at radius 3 is 2.55 bits per heavy atom. The molecule has 1 atom stereocenters. The number of benzene rings is 2. The molecule has 1 aliphatic heterocycles. The van der Waals surface area contributed by atoms with Crippen molar-refractivity contribution in [3.05, 3.63) is 53.6 Å². The molecule has 2 aromatic rings. The molecular weight excluding hydrogens is 370 g/mol. The molecule has 29 heavy (non-hydrogen) atoms. The number of nitrogens with one attached hydrogen (secondary N) is 2. The average molecular weight is 395 g/mol. The van der Waals surface area contributed by atoms with Crippen LogP contribution in [-0.4, -0.2) is 37.9 Å². The zero-order valence-electron chi connectivity index (χ0n) is 16.8. The summed E-state index contributed by atoms with van der Waals surface area (Å²) in [6.45, 7) is 4.14. The number of ether oxygens (including phenoxy) is 1. The topological polar surface area (TPSA) is 87.7 Å². The van der Waals surface area contributed by atoms with Crippen LogP contribution in [0.1, 0.15) is 17.5 Å². The fraction of sp³-hybridized carbons (Fsp3) is 0.318. The summed E-state index contributed by atoms with van der Waals surface area (Å²) in [6, 6.07) is 12.8. The SMILES string of the molecule is CNC(=O)[C@H]1CC(=O)N(c2ccc(OCC(=O)Nc3cc(C)ccc3C)cc2)C1. The van der Waals surface area contributed by atoms with E-state index in [0.717, 1.165) is 16.8 Å². The summed E-state index contributed by atoms with van der Waals surface area (Å²) in [4.78, 5) is 37.7. The number of nitrogens with zero attached hydrogens (tertiary/aromatic N) is 1. The molecule has 0 unspecified atom stereocenters. The highest BCUT2D eigenvalue weighted by molar-refractivity contribution is 6.00. The molecular formula is C22H25N3O4. The van der Waals surface area contributed by atoms with Gasteiger partial charge in [-0.15, -0.1) is 0 Å². The molecule has 0 radical (unpaired) electrons. The van der Waals surface area contributed by atoms with Crippen LogP contribution in [0.5, 0.6) is 5.75 Å². The molecule has 0 aliphatic carbocycles. The Kier molecular flexibility index (Phi) is 6.16. The minimum Gasteiger partial charge on any atom is -0.484 e. The van der Waals surface area contributed by atoms with Gasteiger partial charge in [-0.05, 0) is 55.3 Å². The van der Waals surface area contributed by atoms with Crippen LogP contribution >= 0.6 is 0 Å². The Morgan fingerprint density at radius 2 is 1.86 bits per heavy atom. The molecule has 0 spiro atoms. The van der Waals surface area contributed by atoms with Crippen LogP contribution in [-0.2, 0) is 14.4 Å². The van der Waals surface area contributed by atoms with Gasteiger partial charge in [-0.1, -0.05) is 12.1 Å². The maximum Gasteiger partial charge on any atom is 0.262 e. The highest BCUT2D eigenvalue weighted by Crippen LogP contribution is 2.27. The van der Waals surface area contributed by atoms with Crippen molar-refractivity contribution < 1.29 is 19.1 Å². The van der Waals surface area contributed by atoms with Gasteiger partial charge < -0.3 is 20.3 Å². The van der Waals surface area contributed by atoms with E-state index < -0.39 is 0 Å². The fourth-order valence-electron chi connectivity index (χ4n) is 3.26. The Balaban J connectivity index is 1.55. The third kappa shape index (κ3) is 4.93. The normalized spacial score (nSPS) is 15.9. The Labute approximate surface area is 170 Å². The van der Waals surface area contributed by atoms with Crippen LogP contribution in [0.15, 0.2) is 42.5 Å². The quantitative estimate of drug-likeness (QED) is 0.786. The van der Waals surface area contributed by atoms with Crippen LogP contribution in [0, 0.1) is 19.8 Å². The first-order chi connectivity index (χ1) is 13.9. The summed E-state index contributed by atoms with van der Waals surface area (Å²) in [6.07, 6.45) is 0.205. The maximum atomic E-state index is 12.2. The highest BCUT2D eigenvalue weighted by atomic mass is 16.5. The van der Waals surface area contributed by atoms with Crippen molar-refractivity contribution in [1.82, 2.24) is 5.32 Å². The molecule has 7 nitrogen and oxygen atoms in total. The van der Waals surface area contributed by atoms with Crippen molar-refractivity contribution in [3.8, 4) is 5.75 Å². The molecule has 3 amide bonds. The molecule has 1 heterocycles. The second-order valence-electron chi connectivity index (χ2n) is 7.17. The van der Waals surface area contributed by atoms with E-state index in [1.807, 2.05) is 32.0 Å². The van der Waals surface area contributed by atoms with Crippen molar-refractivity contribution in [2.45, 2.75) is 20.3 Å². The van der Waals surface area contributed by atoms with Gasteiger partial charge in [0.05, 0.1) is 5.92 Å². The van der Waals surface area contributed by atoms with Gasteiger partial charge in [-0.25, -0.2) is 0 Å². The molecule has 1 fully saturated rings. The minimum absolute atomic E-state index is 0.0832. The Hall–Kier alpha value is -3.35. The standard InChI is InChI=1S/C22H25N3O4/c1-14-4-5-15(2)19(10-14)24-20(26)13-29-18-8-6-17(7-9-18)25-12-16(11-21(25)27)22(28)23-3/h4-10,16H,11-13H2,1-3H3,(H,23,28)(H,24,26)/t16-/m0/s1. The molecule has 3 rings (SSSR count). The average Bonchev–Trinajstić information content (AvgIpc) is 3.10. The Bertz CT molecular complexity index is 924. The monoisotopic (exact) mass is 395 g/mol.